The standard InChI is InChI=1S/C9H15NO3/c1-6(11)5-10-9(12)8-4-3-7(2)13-8/h7-8H,3-5H2,1-2H3,(H,10,12). The summed E-state index contributed by atoms with van der Waals surface area (Å²) in [6, 6.07) is 0. The summed E-state index contributed by atoms with van der Waals surface area (Å²) in [6.45, 7) is 3.49. The number of Topliss-reactive ketones (excluding diaryl/α,β-unsaturated/α-hetero) is 1. The molecule has 2 unspecified atom stereocenters. The SMILES string of the molecule is CC(=O)CNC(=O)C1CCC(C)O1. The van der Waals surface area contributed by atoms with Crippen molar-refractivity contribution >= 4 is 11.7 Å². The van der Waals surface area contributed by atoms with Crippen LogP contribution in [0.3, 0.4) is 0 Å². The molecule has 0 spiro atoms. The van der Waals surface area contributed by atoms with Crippen molar-refractivity contribution in [1.82, 2.24) is 5.32 Å². The molecular formula is C9H15NO3. The number of carbonyl (C=O) groups is 2. The minimum absolute atomic E-state index is 0.0422. The number of nitrogens with one attached hydrogen (secondary N) is 1. The normalized spacial score (nSPS) is 27.2. The predicted molar refractivity (Wildman–Crippen MR) is 47.3 cm³/mol. The molecule has 0 aromatic heterocycles. The first-order chi connectivity index (χ1) is 6.09. The summed E-state index contributed by atoms with van der Waals surface area (Å²) in [5.41, 5.74) is 0. The van der Waals surface area contributed by atoms with Crippen molar-refractivity contribution in [1.29, 1.82) is 0 Å². The summed E-state index contributed by atoms with van der Waals surface area (Å²) in [7, 11) is 0. The van der Waals surface area contributed by atoms with Gasteiger partial charge in [0.25, 0.3) is 0 Å². The predicted octanol–water partition coefficient (Wildman–Crippen LogP) is 0.259. The maximum absolute atomic E-state index is 11.3. The first-order valence-electron chi connectivity index (χ1n) is 4.52. The lowest BCUT2D eigenvalue weighted by Crippen LogP contribution is -2.37. The second-order valence-corrected chi connectivity index (χ2v) is 3.43. The molecule has 0 aromatic carbocycles. The van der Waals surface area contributed by atoms with Crippen LogP contribution in [0.2, 0.25) is 0 Å². The lowest BCUT2D eigenvalue weighted by atomic mass is 10.2. The molecule has 74 valence electrons. The highest BCUT2D eigenvalue weighted by Crippen LogP contribution is 2.18. The van der Waals surface area contributed by atoms with E-state index in [-0.39, 0.29) is 30.4 Å². The molecule has 0 bridgehead atoms. The number of hydrogen-bond acceptors (Lipinski definition) is 3. The highest BCUT2D eigenvalue weighted by molar-refractivity contribution is 5.86. The van der Waals surface area contributed by atoms with Gasteiger partial charge in [0.1, 0.15) is 11.9 Å². The zero-order valence-electron chi connectivity index (χ0n) is 8.00. The van der Waals surface area contributed by atoms with Gasteiger partial charge in [-0.15, -0.1) is 0 Å². The molecule has 0 saturated carbocycles. The topological polar surface area (TPSA) is 55.4 Å². The number of carbonyl (C=O) groups excluding carboxylic acids is 2. The summed E-state index contributed by atoms with van der Waals surface area (Å²) in [5.74, 6) is -0.209. The minimum Gasteiger partial charge on any atom is -0.365 e. The van der Waals surface area contributed by atoms with Gasteiger partial charge in [0.2, 0.25) is 5.91 Å². The summed E-state index contributed by atoms with van der Waals surface area (Å²) in [6.07, 6.45) is 1.48. The molecule has 4 nitrogen and oxygen atoms in total. The minimum atomic E-state index is -0.352. The van der Waals surface area contributed by atoms with Gasteiger partial charge in [0.05, 0.1) is 12.6 Å². The van der Waals surface area contributed by atoms with Crippen molar-refractivity contribution < 1.29 is 14.3 Å². The second-order valence-electron chi connectivity index (χ2n) is 3.43. The van der Waals surface area contributed by atoms with Gasteiger partial charge < -0.3 is 10.1 Å². The fourth-order valence-corrected chi connectivity index (χ4v) is 1.32. The number of hydrogen-bond donors (Lipinski definition) is 1. The van der Waals surface area contributed by atoms with Crippen molar-refractivity contribution in [2.45, 2.75) is 38.9 Å². The van der Waals surface area contributed by atoms with Crippen LogP contribution < -0.4 is 5.32 Å². The maximum Gasteiger partial charge on any atom is 0.249 e. The smallest absolute Gasteiger partial charge is 0.249 e. The lowest BCUT2D eigenvalue weighted by molar-refractivity contribution is -0.133. The number of amides is 1. The van der Waals surface area contributed by atoms with Crippen LogP contribution >= 0.6 is 0 Å². The zero-order chi connectivity index (χ0) is 9.84. The van der Waals surface area contributed by atoms with Crippen LogP contribution in [-0.2, 0) is 14.3 Å². The third kappa shape index (κ3) is 3.14. The number of ketones is 1. The molecule has 1 N–H and O–H groups in total. The van der Waals surface area contributed by atoms with E-state index in [0.717, 1.165) is 12.8 Å². The van der Waals surface area contributed by atoms with Gasteiger partial charge in [-0.2, -0.15) is 0 Å². The molecule has 1 amide bonds. The fraction of sp³-hybridized carbons (Fsp3) is 0.778. The quantitative estimate of drug-likeness (QED) is 0.686. The van der Waals surface area contributed by atoms with Crippen LogP contribution in [0.25, 0.3) is 0 Å². The monoisotopic (exact) mass is 185 g/mol. The summed E-state index contributed by atoms with van der Waals surface area (Å²) in [5, 5.41) is 2.53. The Morgan fingerprint density at radius 3 is 2.62 bits per heavy atom. The molecule has 4 heteroatoms. The van der Waals surface area contributed by atoms with Crippen molar-refractivity contribution in [3.05, 3.63) is 0 Å². The summed E-state index contributed by atoms with van der Waals surface area (Å²) >= 11 is 0. The van der Waals surface area contributed by atoms with Crippen molar-refractivity contribution in [3.63, 3.8) is 0 Å². The van der Waals surface area contributed by atoms with Crippen molar-refractivity contribution in [2.75, 3.05) is 6.54 Å². The molecule has 0 aromatic rings. The molecule has 1 heterocycles. The molecule has 1 saturated heterocycles. The molecule has 1 rings (SSSR count). The van der Waals surface area contributed by atoms with Crippen LogP contribution in [0, 0.1) is 0 Å². The van der Waals surface area contributed by atoms with E-state index in [2.05, 4.69) is 5.32 Å². The zero-order valence-corrected chi connectivity index (χ0v) is 8.00. The summed E-state index contributed by atoms with van der Waals surface area (Å²) in [4.78, 5) is 21.9. The van der Waals surface area contributed by atoms with E-state index in [9.17, 15) is 9.59 Å². The van der Waals surface area contributed by atoms with Crippen molar-refractivity contribution in [2.24, 2.45) is 0 Å². The first kappa shape index (κ1) is 10.2. The van der Waals surface area contributed by atoms with E-state index in [4.69, 9.17) is 4.74 Å². The molecule has 1 aliphatic heterocycles. The highest BCUT2D eigenvalue weighted by Gasteiger charge is 2.27. The summed E-state index contributed by atoms with van der Waals surface area (Å²) < 4.78 is 5.33. The van der Waals surface area contributed by atoms with E-state index in [0.29, 0.717) is 0 Å². The average Bonchev–Trinajstić information content (AvgIpc) is 2.47. The Morgan fingerprint density at radius 1 is 1.46 bits per heavy atom. The van der Waals surface area contributed by atoms with Gasteiger partial charge in [0, 0.05) is 0 Å². The molecule has 13 heavy (non-hydrogen) atoms. The van der Waals surface area contributed by atoms with Gasteiger partial charge in [-0.1, -0.05) is 0 Å². The molecule has 0 radical (unpaired) electrons. The van der Waals surface area contributed by atoms with E-state index in [1.807, 2.05) is 6.92 Å². The maximum atomic E-state index is 11.3. The average molecular weight is 185 g/mol. The van der Waals surface area contributed by atoms with Gasteiger partial charge >= 0.3 is 0 Å². The Balaban J connectivity index is 2.27. The van der Waals surface area contributed by atoms with Crippen LogP contribution in [0.15, 0.2) is 0 Å². The number of rotatable bonds is 3. The van der Waals surface area contributed by atoms with E-state index in [1.165, 1.54) is 6.92 Å². The van der Waals surface area contributed by atoms with Crippen LogP contribution in [0.1, 0.15) is 26.7 Å². The van der Waals surface area contributed by atoms with E-state index in [1.54, 1.807) is 0 Å². The molecular weight excluding hydrogens is 170 g/mol. The third-order valence-electron chi connectivity index (χ3n) is 2.04. The molecule has 1 fully saturated rings. The largest absolute Gasteiger partial charge is 0.365 e. The van der Waals surface area contributed by atoms with Gasteiger partial charge in [-0.3, -0.25) is 9.59 Å². The fourth-order valence-electron chi connectivity index (χ4n) is 1.32. The number of ether oxygens (including phenoxy) is 1. The van der Waals surface area contributed by atoms with Crippen LogP contribution in [0.5, 0.6) is 0 Å². The van der Waals surface area contributed by atoms with Crippen LogP contribution in [-0.4, -0.2) is 30.4 Å². The molecule has 1 aliphatic rings. The van der Waals surface area contributed by atoms with Gasteiger partial charge in [-0.05, 0) is 26.7 Å². The van der Waals surface area contributed by atoms with Gasteiger partial charge in [0.15, 0.2) is 0 Å². The Hall–Kier alpha value is -0.900. The highest BCUT2D eigenvalue weighted by atomic mass is 16.5. The third-order valence-corrected chi connectivity index (χ3v) is 2.04. The lowest BCUT2D eigenvalue weighted by Gasteiger charge is -2.10. The Kier molecular flexibility index (Phi) is 3.42. The van der Waals surface area contributed by atoms with Gasteiger partial charge in [-0.25, -0.2) is 0 Å². The Labute approximate surface area is 77.6 Å². The molecule has 0 aliphatic carbocycles. The Morgan fingerprint density at radius 2 is 2.15 bits per heavy atom. The Bertz CT molecular complexity index is 215. The molecule has 2 atom stereocenters. The van der Waals surface area contributed by atoms with Crippen molar-refractivity contribution in [3.8, 4) is 0 Å². The first-order valence-corrected chi connectivity index (χ1v) is 4.52. The van der Waals surface area contributed by atoms with Crippen LogP contribution in [0.4, 0.5) is 0 Å². The van der Waals surface area contributed by atoms with E-state index >= 15 is 0 Å². The van der Waals surface area contributed by atoms with E-state index < -0.39 is 0 Å². The second kappa shape index (κ2) is 4.37.